The summed E-state index contributed by atoms with van der Waals surface area (Å²) in [6.45, 7) is 0.397. The van der Waals surface area contributed by atoms with E-state index in [2.05, 4.69) is 15.0 Å². The van der Waals surface area contributed by atoms with Crippen LogP contribution in [0.25, 0.3) is 10.8 Å². The van der Waals surface area contributed by atoms with Gasteiger partial charge in [-0.25, -0.2) is 4.39 Å². The number of benzene rings is 2. The molecule has 0 aliphatic heterocycles. The first-order chi connectivity index (χ1) is 13.9. The van der Waals surface area contributed by atoms with Gasteiger partial charge < -0.3 is 14.8 Å². The van der Waals surface area contributed by atoms with Crippen molar-refractivity contribution in [2.75, 3.05) is 0 Å². The molecule has 1 N–H and O–H groups in total. The molecule has 1 heterocycles. The Balaban J connectivity index is 0.00000256. The smallest absolute Gasteiger partial charge is 0.490 e. The molecule has 1 aliphatic carbocycles. The summed E-state index contributed by atoms with van der Waals surface area (Å²) in [6.07, 6.45) is 0.0576. The lowest BCUT2D eigenvalue weighted by molar-refractivity contribution is -0.274. The summed E-state index contributed by atoms with van der Waals surface area (Å²) < 4.78 is 60.3. The van der Waals surface area contributed by atoms with Gasteiger partial charge >= 0.3 is 6.36 Å². The van der Waals surface area contributed by atoms with E-state index in [0.29, 0.717) is 17.9 Å². The molecule has 0 saturated heterocycles. The molecular formula is C21H19ClF4N2O2. The second-order valence-corrected chi connectivity index (χ2v) is 6.93. The van der Waals surface area contributed by atoms with E-state index in [1.165, 1.54) is 30.3 Å². The van der Waals surface area contributed by atoms with Crippen molar-refractivity contribution in [1.82, 2.24) is 10.3 Å². The molecule has 2 aromatic carbocycles. The monoisotopic (exact) mass is 442 g/mol. The van der Waals surface area contributed by atoms with Crippen LogP contribution >= 0.6 is 12.4 Å². The van der Waals surface area contributed by atoms with Crippen molar-refractivity contribution in [3.05, 3.63) is 66.2 Å². The standard InChI is InChI=1S/C21H18F4N2O2.ClH/c22-20-6-1-13-11-26-8-7-18(13)19(20)12-27-14-9-17(10-14)28-15-2-4-16(5-3-15)29-21(23,24)25;/h1-8,11,14,17,27H,9-10,12H2;1H. The second kappa shape index (κ2) is 9.06. The Labute approximate surface area is 176 Å². The Morgan fingerprint density at radius 1 is 1.00 bits per heavy atom. The van der Waals surface area contributed by atoms with Crippen molar-refractivity contribution in [1.29, 1.82) is 0 Å². The van der Waals surface area contributed by atoms with Crippen molar-refractivity contribution < 1.29 is 27.0 Å². The number of hydrogen-bond acceptors (Lipinski definition) is 4. The molecule has 1 aromatic heterocycles. The van der Waals surface area contributed by atoms with Crippen LogP contribution in [0.15, 0.2) is 54.9 Å². The fraction of sp³-hybridized carbons (Fsp3) is 0.286. The summed E-state index contributed by atoms with van der Waals surface area (Å²) in [5.41, 5.74) is 0.606. The topological polar surface area (TPSA) is 43.4 Å². The SMILES string of the molecule is Cl.Fc1ccc2cnccc2c1CNC1CC(Oc2ccc(OC(F)(F)F)cc2)C1. The average molecular weight is 443 g/mol. The molecule has 0 atom stereocenters. The number of halogens is 5. The summed E-state index contributed by atoms with van der Waals surface area (Å²) in [7, 11) is 0. The predicted octanol–water partition coefficient (Wildman–Crippen LogP) is 5.39. The lowest BCUT2D eigenvalue weighted by Gasteiger charge is -2.36. The van der Waals surface area contributed by atoms with Gasteiger partial charge in [0.1, 0.15) is 23.4 Å². The fourth-order valence-electron chi connectivity index (χ4n) is 3.37. The van der Waals surface area contributed by atoms with Gasteiger partial charge in [-0.15, -0.1) is 25.6 Å². The molecular weight excluding hydrogens is 424 g/mol. The van der Waals surface area contributed by atoms with E-state index in [-0.39, 0.29) is 36.1 Å². The van der Waals surface area contributed by atoms with Crippen molar-refractivity contribution >= 4 is 23.2 Å². The summed E-state index contributed by atoms with van der Waals surface area (Å²) in [5.74, 6) is -0.0645. The van der Waals surface area contributed by atoms with E-state index in [1.54, 1.807) is 24.5 Å². The van der Waals surface area contributed by atoms with E-state index in [9.17, 15) is 17.6 Å². The van der Waals surface area contributed by atoms with E-state index >= 15 is 0 Å². The number of rotatable bonds is 6. The van der Waals surface area contributed by atoms with Crippen LogP contribution in [-0.4, -0.2) is 23.5 Å². The maximum absolute atomic E-state index is 14.2. The van der Waals surface area contributed by atoms with E-state index in [1.807, 2.05) is 0 Å². The average Bonchev–Trinajstić information content (AvgIpc) is 2.65. The molecule has 0 radical (unpaired) electrons. The highest BCUT2D eigenvalue weighted by atomic mass is 35.5. The zero-order chi connectivity index (χ0) is 20.4. The first-order valence-electron chi connectivity index (χ1n) is 9.14. The van der Waals surface area contributed by atoms with Crippen LogP contribution in [-0.2, 0) is 6.54 Å². The minimum atomic E-state index is -4.71. The van der Waals surface area contributed by atoms with Gasteiger partial charge in [0, 0.05) is 35.9 Å². The molecule has 9 heteroatoms. The normalized spacial score (nSPS) is 18.4. The number of ether oxygens (including phenoxy) is 2. The maximum atomic E-state index is 14.2. The van der Waals surface area contributed by atoms with E-state index < -0.39 is 6.36 Å². The van der Waals surface area contributed by atoms with Crippen LogP contribution in [0.2, 0.25) is 0 Å². The molecule has 0 unspecified atom stereocenters. The Hall–Kier alpha value is -2.58. The highest BCUT2D eigenvalue weighted by molar-refractivity contribution is 5.85. The third-order valence-corrected chi connectivity index (χ3v) is 4.90. The molecule has 0 bridgehead atoms. The first kappa shape index (κ1) is 22.1. The lowest BCUT2D eigenvalue weighted by atomic mass is 9.89. The molecule has 3 aromatic rings. The van der Waals surface area contributed by atoms with E-state index in [4.69, 9.17) is 4.74 Å². The Bertz CT molecular complexity index is 992. The summed E-state index contributed by atoms with van der Waals surface area (Å²) >= 11 is 0. The number of nitrogens with one attached hydrogen (secondary N) is 1. The Morgan fingerprint density at radius 3 is 2.40 bits per heavy atom. The second-order valence-electron chi connectivity index (χ2n) is 6.93. The molecule has 4 rings (SSSR count). The van der Waals surface area contributed by atoms with Gasteiger partial charge in [-0.05, 0) is 60.7 Å². The van der Waals surface area contributed by atoms with Gasteiger partial charge in [0.2, 0.25) is 0 Å². The van der Waals surface area contributed by atoms with Crippen LogP contribution in [0.1, 0.15) is 18.4 Å². The Morgan fingerprint density at radius 2 is 1.70 bits per heavy atom. The molecule has 4 nitrogen and oxygen atoms in total. The van der Waals surface area contributed by atoms with Crippen LogP contribution in [0, 0.1) is 5.82 Å². The summed E-state index contributed by atoms with van der Waals surface area (Å²) in [5, 5.41) is 5.06. The summed E-state index contributed by atoms with van der Waals surface area (Å²) in [6, 6.07) is 10.5. The molecule has 160 valence electrons. The Kier molecular flexibility index (Phi) is 6.67. The van der Waals surface area contributed by atoms with Gasteiger partial charge in [-0.2, -0.15) is 0 Å². The van der Waals surface area contributed by atoms with Crippen LogP contribution in [0.4, 0.5) is 17.6 Å². The number of fused-ring (bicyclic) bond motifs is 1. The third-order valence-electron chi connectivity index (χ3n) is 4.90. The van der Waals surface area contributed by atoms with Crippen LogP contribution in [0.5, 0.6) is 11.5 Å². The maximum Gasteiger partial charge on any atom is 0.573 e. The fourth-order valence-corrected chi connectivity index (χ4v) is 3.37. The van der Waals surface area contributed by atoms with Crippen molar-refractivity contribution in [2.45, 2.75) is 37.9 Å². The van der Waals surface area contributed by atoms with E-state index in [0.717, 1.165) is 23.6 Å². The number of aromatic nitrogens is 1. The number of pyridine rings is 1. The number of nitrogens with zero attached hydrogens (tertiary/aromatic N) is 1. The number of alkyl halides is 3. The minimum Gasteiger partial charge on any atom is -0.490 e. The molecule has 0 spiro atoms. The molecule has 1 aliphatic rings. The van der Waals surface area contributed by atoms with Gasteiger partial charge in [0.25, 0.3) is 0 Å². The van der Waals surface area contributed by atoms with Gasteiger partial charge in [-0.1, -0.05) is 0 Å². The molecule has 30 heavy (non-hydrogen) atoms. The van der Waals surface area contributed by atoms with Gasteiger partial charge in [0.15, 0.2) is 0 Å². The van der Waals surface area contributed by atoms with Crippen LogP contribution in [0.3, 0.4) is 0 Å². The highest BCUT2D eigenvalue weighted by Crippen LogP contribution is 2.29. The highest BCUT2D eigenvalue weighted by Gasteiger charge is 2.32. The van der Waals surface area contributed by atoms with Gasteiger partial charge in [-0.3, -0.25) is 4.98 Å². The van der Waals surface area contributed by atoms with Gasteiger partial charge in [0.05, 0.1) is 0 Å². The predicted molar refractivity (Wildman–Crippen MR) is 106 cm³/mol. The summed E-state index contributed by atoms with van der Waals surface area (Å²) in [4.78, 5) is 4.06. The first-order valence-corrected chi connectivity index (χ1v) is 9.14. The van der Waals surface area contributed by atoms with Crippen molar-refractivity contribution in [3.8, 4) is 11.5 Å². The molecule has 0 amide bonds. The largest absolute Gasteiger partial charge is 0.573 e. The van der Waals surface area contributed by atoms with Crippen LogP contribution < -0.4 is 14.8 Å². The molecule has 1 saturated carbocycles. The van der Waals surface area contributed by atoms with Crippen molar-refractivity contribution in [3.63, 3.8) is 0 Å². The lowest BCUT2D eigenvalue weighted by Crippen LogP contribution is -2.46. The zero-order valence-electron chi connectivity index (χ0n) is 15.7. The molecule has 1 fully saturated rings. The third kappa shape index (κ3) is 5.31. The number of hydrogen-bond donors (Lipinski definition) is 1. The minimum absolute atomic E-state index is 0. The van der Waals surface area contributed by atoms with Crippen molar-refractivity contribution in [2.24, 2.45) is 0 Å². The zero-order valence-corrected chi connectivity index (χ0v) is 16.5. The quantitative estimate of drug-likeness (QED) is 0.519.